The lowest BCUT2D eigenvalue weighted by molar-refractivity contribution is 0.415. The average Bonchev–Trinajstić information content (AvgIpc) is 2.60. The minimum absolute atomic E-state index is 0.421. The van der Waals surface area contributed by atoms with Gasteiger partial charge in [0.15, 0.2) is 0 Å². The Kier molecular flexibility index (Phi) is 2.81. The summed E-state index contributed by atoms with van der Waals surface area (Å²) in [5, 5.41) is 12.3. The molecule has 76 valence electrons. The second kappa shape index (κ2) is 4.09. The van der Waals surface area contributed by atoms with E-state index in [9.17, 15) is 0 Å². The number of nitriles is 1. The van der Waals surface area contributed by atoms with Crippen LogP contribution in [0.15, 0.2) is 17.5 Å². The molecule has 0 aliphatic rings. The van der Waals surface area contributed by atoms with Crippen LogP contribution in [0.2, 0.25) is 5.02 Å². The standard InChI is InChI=1S/C11H8ClNOS/c1-14-10-4-8-7(2-3-13)6-15-11(8)5-9(10)12/h4-6H,2H2,1H3. The van der Waals surface area contributed by atoms with E-state index in [4.69, 9.17) is 21.6 Å². The molecule has 0 amide bonds. The highest BCUT2D eigenvalue weighted by atomic mass is 35.5. The molecule has 1 aromatic heterocycles. The predicted octanol–water partition coefficient (Wildman–Crippen LogP) is 3.63. The molecule has 1 heterocycles. The maximum atomic E-state index is 8.68. The van der Waals surface area contributed by atoms with Crippen molar-refractivity contribution in [1.29, 1.82) is 5.26 Å². The number of benzene rings is 1. The van der Waals surface area contributed by atoms with Gasteiger partial charge in [0, 0.05) is 10.1 Å². The van der Waals surface area contributed by atoms with E-state index in [1.165, 1.54) is 0 Å². The zero-order valence-corrected chi connectivity index (χ0v) is 9.65. The van der Waals surface area contributed by atoms with Crippen LogP contribution in [0.3, 0.4) is 0 Å². The summed E-state index contributed by atoms with van der Waals surface area (Å²) in [7, 11) is 1.59. The molecule has 0 aliphatic carbocycles. The highest BCUT2D eigenvalue weighted by Crippen LogP contribution is 2.35. The Balaban J connectivity index is 2.65. The molecule has 0 atom stereocenters. The average molecular weight is 238 g/mol. The Morgan fingerprint density at radius 2 is 2.33 bits per heavy atom. The van der Waals surface area contributed by atoms with Crippen LogP contribution in [-0.4, -0.2) is 7.11 Å². The van der Waals surface area contributed by atoms with E-state index in [-0.39, 0.29) is 0 Å². The fourth-order valence-electron chi connectivity index (χ4n) is 1.46. The maximum absolute atomic E-state index is 8.68. The van der Waals surface area contributed by atoms with Crippen molar-refractivity contribution >= 4 is 33.0 Å². The number of methoxy groups -OCH3 is 1. The van der Waals surface area contributed by atoms with Crippen molar-refractivity contribution in [2.45, 2.75) is 6.42 Å². The SMILES string of the molecule is COc1cc2c(CC#N)csc2cc1Cl. The molecule has 0 spiro atoms. The number of hydrogen-bond acceptors (Lipinski definition) is 3. The lowest BCUT2D eigenvalue weighted by Gasteiger charge is -2.03. The fraction of sp³-hybridized carbons (Fsp3) is 0.182. The van der Waals surface area contributed by atoms with Gasteiger partial charge in [-0.3, -0.25) is 0 Å². The van der Waals surface area contributed by atoms with Gasteiger partial charge >= 0.3 is 0 Å². The van der Waals surface area contributed by atoms with Crippen LogP contribution >= 0.6 is 22.9 Å². The van der Waals surface area contributed by atoms with Crippen LogP contribution in [0.25, 0.3) is 10.1 Å². The van der Waals surface area contributed by atoms with E-state index >= 15 is 0 Å². The predicted molar refractivity (Wildman–Crippen MR) is 62.7 cm³/mol. The van der Waals surface area contributed by atoms with Gasteiger partial charge in [-0.05, 0) is 23.1 Å². The molecule has 0 fully saturated rings. The molecule has 2 rings (SSSR count). The summed E-state index contributed by atoms with van der Waals surface area (Å²) in [6, 6.07) is 5.91. The lowest BCUT2D eigenvalue weighted by atomic mass is 10.1. The third-order valence-corrected chi connectivity index (χ3v) is 3.49. The van der Waals surface area contributed by atoms with Gasteiger partial charge in [0.2, 0.25) is 0 Å². The van der Waals surface area contributed by atoms with Gasteiger partial charge in [0.05, 0.1) is 24.6 Å². The molecule has 0 saturated heterocycles. The van der Waals surface area contributed by atoms with Crippen molar-refractivity contribution in [3.05, 3.63) is 28.1 Å². The molecule has 2 aromatic rings. The number of ether oxygens (including phenoxy) is 1. The molecule has 0 aliphatic heterocycles. The van der Waals surface area contributed by atoms with Gasteiger partial charge in [0.25, 0.3) is 0 Å². The van der Waals surface area contributed by atoms with Crippen molar-refractivity contribution < 1.29 is 4.74 Å². The lowest BCUT2D eigenvalue weighted by Crippen LogP contribution is -1.84. The molecule has 4 heteroatoms. The number of thiophene rings is 1. The maximum Gasteiger partial charge on any atom is 0.138 e. The molecule has 0 unspecified atom stereocenters. The smallest absolute Gasteiger partial charge is 0.138 e. The van der Waals surface area contributed by atoms with Gasteiger partial charge in [-0.1, -0.05) is 11.6 Å². The number of fused-ring (bicyclic) bond motifs is 1. The number of rotatable bonds is 2. The molecular formula is C11H8ClNOS. The topological polar surface area (TPSA) is 33.0 Å². The molecule has 1 aromatic carbocycles. The largest absolute Gasteiger partial charge is 0.495 e. The third-order valence-electron chi connectivity index (χ3n) is 2.20. The Labute approximate surface area is 96.7 Å². The molecule has 0 N–H and O–H groups in total. The van der Waals surface area contributed by atoms with Crippen molar-refractivity contribution in [1.82, 2.24) is 0 Å². The summed E-state index contributed by atoms with van der Waals surface area (Å²) in [4.78, 5) is 0. The van der Waals surface area contributed by atoms with Crippen LogP contribution < -0.4 is 4.74 Å². The molecule has 0 bridgehead atoms. The molecule has 0 saturated carbocycles. The normalized spacial score (nSPS) is 10.2. The van der Waals surface area contributed by atoms with Crippen LogP contribution in [0.5, 0.6) is 5.75 Å². The van der Waals surface area contributed by atoms with E-state index in [1.54, 1.807) is 18.4 Å². The van der Waals surface area contributed by atoms with E-state index < -0.39 is 0 Å². The highest BCUT2D eigenvalue weighted by molar-refractivity contribution is 7.17. The van der Waals surface area contributed by atoms with Gasteiger partial charge in [0.1, 0.15) is 5.75 Å². The van der Waals surface area contributed by atoms with Crippen LogP contribution in [-0.2, 0) is 6.42 Å². The van der Waals surface area contributed by atoms with Crippen LogP contribution in [0.4, 0.5) is 0 Å². The summed E-state index contributed by atoms with van der Waals surface area (Å²) in [5.41, 5.74) is 1.03. The summed E-state index contributed by atoms with van der Waals surface area (Å²) < 4.78 is 6.23. The summed E-state index contributed by atoms with van der Waals surface area (Å²) in [6.07, 6.45) is 0.421. The minimum atomic E-state index is 0.421. The first-order valence-electron chi connectivity index (χ1n) is 4.37. The Morgan fingerprint density at radius 1 is 1.53 bits per heavy atom. The van der Waals surface area contributed by atoms with Gasteiger partial charge < -0.3 is 4.74 Å². The summed E-state index contributed by atoms with van der Waals surface area (Å²) in [6.45, 7) is 0. The molecule has 0 radical (unpaired) electrons. The first kappa shape index (κ1) is 10.3. The zero-order chi connectivity index (χ0) is 10.8. The Bertz CT molecular complexity index is 541. The Hall–Kier alpha value is -1.24. The fourth-order valence-corrected chi connectivity index (χ4v) is 2.75. The van der Waals surface area contributed by atoms with E-state index in [2.05, 4.69) is 6.07 Å². The first-order chi connectivity index (χ1) is 7.26. The van der Waals surface area contributed by atoms with Crippen LogP contribution in [0, 0.1) is 11.3 Å². The van der Waals surface area contributed by atoms with Gasteiger partial charge in [-0.2, -0.15) is 5.26 Å². The van der Waals surface area contributed by atoms with Crippen molar-refractivity contribution in [2.75, 3.05) is 7.11 Å². The summed E-state index contributed by atoms with van der Waals surface area (Å²) >= 11 is 7.60. The molecular weight excluding hydrogens is 230 g/mol. The van der Waals surface area contributed by atoms with Crippen molar-refractivity contribution in [3.63, 3.8) is 0 Å². The zero-order valence-electron chi connectivity index (χ0n) is 8.08. The second-order valence-electron chi connectivity index (χ2n) is 3.08. The quantitative estimate of drug-likeness (QED) is 0.799. The minimum Gasteiger partial charge on any atom is -0.495 e. The summed E-state index contributed by atoms with van der Waals surface area (Å²) in [5.74, 6) is 0.654. The second-order valence-corrected chi connectivity index (χ2v) is 4.40. The Morgan fingerprint density at radius 3 is 3.00 bits per heavy atom. The molecule has 15 heavy (non-hydrogen) atoms. The number of nitrogens with zero attached hydrogens (tertiary/aromatic N) is 1. The highest BCUT2D eigenvalue weighted by Gasteiger charge is 2.08. The van der Waals surface area contributed by atoms with Gasteiger partial charge in [-0.15, -0.1) is 11.3 Å². The first-order valence-corrected chi connectivity index (χ1v) is 5.62. The van der Waals surface area contributed by atoms with E-state index in [0.717, 1.165) is 15.6 Å². The van der Waals surface area contributed by atoms with Crippen molar-refractivity contribution in [3.8, 4) is 11.8 Å². The number of halogens is 1. The van der Waals surface area contributed by atoms with Crippen molar-refractivity contribution in [2.24, 2.45) is 0 Å². The monoisotopic (exact) mass is 237 g/mol. The number of hydrogen-bond donors (Lipinski definition) is 0. The third kappa shape index (κ3) is 1.79. The molecule has 2 nitrogen and oxygen atoms in total. The van der Waals surface area contributed by atoms with E-state index in [0.29, 0.717) is 17.2 Å². The van der Waals surface area contributed by atoms with Crippen LogP contribution in [0.1, 0.15) is 5.56 Å². The van der Waals surface area contributed by atoms with E-state index in [1.807, 2.05) is 17.5 Å². The van der Waals surface area contributed by atoms with Gasteiger partial charge in [-0.25, -0.2) is 0 Å².